The van der Waals surface area contributed by atoms with Crippen molar-refractivity contribution in [3.8, 4) is 0 Å². The maximum Gasteiger partial charge on any atom is 0.231 e. The number of thiazole rings is 1. The molecule has 1 atom stereocenters. The first-order chi connectivity index (χ1) is 12.5. The first kappa shape index (κ1) is 17.2. The van der Waals surface area contributed by atoms with Crippen LogP contribution < -0.4 is 10.2 Å². The van der Waals surface area contributed by atoms with Crippen molar-refractivity contribution in [2.75, 3.05) is 16.8 Å². The number of carbonyl (C=O) groups is 2. The van der Waals surface area contributed by atoms with E-state index in [0.29, 0.717) is 11.7 Å². The molecule has 1 aliphatic carbocycles. The van der Waals surface area contributed by atoms with Crippen LogP contribution in [0.4, 0.5) is 10.8 Å². The van der Waals surface area contributed by atoms with Crippen LogP contribution in [0.15, 0.2) is 18.2 Å². The Morgan fingerprint density at radius 3 is 2.81 bits per heavy atom. The van der Waals surface area contributed by atoms with Gasteiger partial charge in [-0.1, -0.05) is 6.07 Å². The van der Waals surface area contributed by atoms with Crippen molar-refractivity contribution >= 4 is 34.0 Å². The Morgan fingerprint density at radius 2 is 2.04 bits per heavy atom. The first-order valence-corrected chi connectivity index (χ1v) is 10.00. The molecule has 6 heteroatoms. The normalized spacial score (nSPS) is 19.5. The number of aromatic nitrogens is 1. The summed E-state index contributed by atoms with van der Waals surface area (Å²) in [6, 6.07) is 5.99. The van der Waals surface area contributed by atoms with Gasteiger partial charge in [-0.15, -0.1) is 11.3 Å². The molecule has 0 bridgehead atoms. The minimum Gasteiger partial charge on any atom is -0.312 e. The summed E-state index contributed by atoms with van der Waals surface area (Å²) < 4.78 is 0. The Morgan fingerprint density at radius 1 is 1.23 bits per heavy atom. The topological polar surface area (TPSA) is 62.3 Å². The summed E-state index contributed by atoms with van der Waals surface area (Å²) in [5.41, 5.74) is 4.35. The molecular weight excluding hydrogens is 346 g/mol. The Balaban J connectivity index is 1.45. The predicted octanol–water partition coefficient (Wildman–Crippen LogP) is 3.63. The van der Waals surface area contributed by atoms with Gasteiger partial charge in [0.25, 0.3) is 0 Å². The zero-order valence-electron chi connectivity index (χ0n) is 15.2. The van der Waals surface area contributed by atoms with Gasteiger partial charge < -0.3 is 10.2 Å². The lowest BCUT2D eigenvalue weighted by atomic mass is 10.0. The maximum absolute atomic E-state index is 12.6. The van der Waals surface area contributed by atoms with E-state index in [1.165, 1.54) is 23.3 Å². The molecule has 5 nitrogen and oxygen atoms in total. The van der Waals surface area contributed by atoms with E-state index < -0.39 is 0 Å². The summed E-state index contributed by atoms with van der Waals surface area (Å²) in [5, 5.41) is 3.62. The van der Waals surface area contributed by atoms with Gasteiger partial charge in [-0.25, -0.2) is 4.98 Å². The number of nitrogens with zero attached hydrogens (tertiary/aromatic N) is 2. The van der Waals surface area contributed by atoms with Crippen LogP contribution in [0.5, 0.6) is 0 Å². The second kappa shape index (κ2) is 6.83. The zero-order chi connectivity index (χ0) is 18.3. The summed E-state index contributed by atoms with van der Waals surface area (Å²) in [4.78, 5) is 32.7. The number of aryl methyl sites for hydroxylation is 4. The Bertz CT molecular complexity index is 850. The molecule has 0 radical (unpaired) electrons. The van der Waals surface area contributed by atoms with Gasteiger partial charge in [-0.05, 0) is 62.8 Å². The van der Waals surface area contributed by atoms with E-state index in [-0.39, 0.29) is 24.2 Å². The first-order valence-electron chi connectivity index (χ1n) is 9.18. The molecule has 4 rings (SSSR count). The molecule has 2 aromatic rings. The third kappa shape index (κ3) is 3.26. The highest BCUT2D eigenvalue weighted by Crippen LogP contribution is 2.31. The number of hydrogen-bond donors (Lipinski definition) is 1. The summed E-state index contributed by atoms with van der Waals surface area (Å²) in [6.45, 7) is 4.51. The Kier molecular flexibility index (Phi) is 4.53. The van der Waals surface area contributed by atoms with Gasteiger partial charge in [0.2, 0.25) is 11.8 Å². The molecule has 1 N–H and O–H groups in total. The number of anilines is 2. The molecule has 1 aromatic heterocycles. The van der Waals surface area contributed by atoms with Gasteiger partial charge in [-0.2, -0.15) is 0 Å². The van der Waals surface area contributed by atoms with E-state index in [1.54, 1.807) is 16.2 Å². The second-order valence-corrected chi connectivity index (χ2v) is 8.34. The van der Waals surface area contributed by atoms with Crippen LogP contribution in [-0.4, -0.2) is 23.3 Å². The third-order valence-corrected chi connectivity index (χ3v) is 6.45. The van der Waals surface area contributed by atoms with E-state index in [1.807, 2.05) is 25.1 Å². The van der Waals surface area contributed by atoms with Crippen molar-refractivity contribution in [2.45, 2.75) is 46.0 Å². The molecular formula is C20H23N3O2S. The van der Waals surface area contributed by atoms with Crippen molar-refractivity contribution in [3.05, 3.63) is 39.9 Å². The fourth-order valence-corrected chi connectivity index (χ4v) is 4.69. The Labute approximate surface area is 157 Å². The highest BCUT2D eigenvalue weighted by Gasteiger charge is 2.35. The number of carbonyl (C=O) groups excluding carboxylic acids is 2. The highest BCUT2D eigenvalue weighted by atomic mass is 32.1. The molecule has 1 aliphatic heterocycles. The number of benzene rings is 1. The lowest BCUT2D eigenvalue weighted by Gasteiger charge is -2.17. The van der Waals surface area contributed by atoms with Crippen LogP contribution in [0.3, 0.4) is 0 Å². The minimum absolute atomic E-state index is 0.00633. The van der Waals surface area contributed by atoms with Crippen molar-refractivity contribution in [2.24, 2.45) is 5.92 Å². The molecule has 2 amide bonds. The third-order valence-electron chi connectivity index (χ3n) is 5.37. The van der Waals surface area contributed by atoms with Gasteiger partial charge in [0.15, 0.2) is 5.13 Å². The van der Waals surface area contributed by atoms with E-state index in [9.17, 15) is 9.59 Å². The van der Waals surface area contributed by atoms with Crippen LogP contribution in [-0.2, 0) is 22.4 Å². The van der Waals surface area contributed by atoms with Crippen molar-refractivity contribution < 1.29 is 9.59 Å². The summed E-state index contributed by atoms with van der Waals surface area (Å²) in [5.74, 6) is -0.423. The predicted molar refractivity (Wildman–Crippen MR) is 104 cm³/mol. The number of amides is 2. The van der Waals surface area contributed by atoms with Gasteiger partial charge >= 0.3 is 0 Å². The average Bonchev–Trinajstić information content (AvgIpc) is 3.20. The summed E-state index contributed by atoms with van der Waals surface area (Å²) >= 11 is 1.58. The van der Waals surface area contributed by atoms with E-state index >= 15 is 0 Å². The van der Waals surface area contributed by atoms with Crippen LogP contribution in [0.25, 0.3) is 0 Å². The quantitative estimate of drug-likeness (QED) is 0.899. The second-order valence-electron chi connectivity index (χ2n) is 7.26. The molecule has 0 saturated carbocycles. The number of fused-ring (bicyclic) bond motifs is 1. The van der Waals surface area contributed by atoms with Crippen molar-refractivity contribution in [3.63, 3.8) is 0 Å². The van der Waals surface area contributed by atoms with Gasteiger partial charge in [-0.3, -0.25) is 9.59 Å². The van der Waals surface area contributed by atoms with E-state index in [2.05, 4.69) is 17.2 Å². The van der Waals surface area contributed by atoms with Gasteiger partial charge in [0, 0.05) is 23.5 Å². The number of rotatable bonds is 3. The molecule has 0 spiro atoms. The fourth-order valence-electron chi connectivity index (χ4n) is 3.64. The molecule has 1 saturated heterocycles. The molecule has 1 fully saturated rings. The lowest BCUT2D eigenvalue weighted by molar-refractivity contribution is -0.122. The molecule has 2 aliphatic rings. The number of hydrogen-bond acceptors (Lipinski definition) is 4. The maximum atomic E-state index is 12.6. The molecule has 26 heavy (non-hydrogen) atoms. The SMILES string of the molecule is Cc1ccc(N2C[C@@H](C(=O)Nc3nc4c(s3)CCCC4)CC2=O)cc1C. The van der Waals surface area contributed by atoms with Gasteiger partial charge in [0.05, 0.1) is 11.6 Å². The van der Waals surface area contributed by atoms with Crippen molar-refractivity contribution in [1.29, 1.82) is 0 Å². The monoisotopic (exact) mass is 369 g/mol. The van der Waals surface area contributed by atoms with Crippen LogP contribution in [0.2, 0.25) is 0 Å². The minimum atomic E-state index is -0.329. The smallest absolute Gasteiger partial charge is 0.231 e. The Hall–Kier alpha value is -2.21. The highest BCUT2D eigenvalue weighted by molar-refractivity contribution is 7.15. The van der Waals surface area contributed by atoms with Crippen LogP contribution >= 0.6 is 11.3 Å². The standard InChI is InChI=1S/C20H23N3O2S/c1-12-7-8-15(9-13(12)2)23-11-14(10-18(23)24)19(25)22-20-21-16-5-3-4-6-17(16)26-20/h7-9,14H,3-6,10-11H2,1-2H3,(H,21,22,25)/t14-/m0/s1. The molecule has 0 unspecified atom stereocenters. The summed E-state index contributed by atoms with van der Waals surface area (Å²) in [6.07, 6.45) is 4.69. The fraction of sp³-hybridized carbons (Fsp3) is 0.450. The number of nitrogens with one attached hydrogen (secondary N) is 1. The molecule has 136 valence electrons. The molecule has 1 aromatic carbocycles. The summed E-state index contributed by atoms with van der Waals surface area (Å²) in [7, 11) is 0. The van der Waals surface area contributed by atoms with Crippen LogP contribution in [0, 0.1) is 19.8 Å². The van der Waals surface area contributed by atoms with Crippen molar-refractivity contribution in [1.82, 2.24) is 4.98 Å². The van der Waals surface area contributed by atoms with E-state index in [4.69, 9.17) is 0 Å². The largest absolute Gasteiger partial charge is 0.312 e. The zero-order valence-corrected chi connectivity index (χ0v) is 16.0. The van der Waals surface area contributed by atoms with E-state index in [0.717, 1.165) is 29.8 Å². The van der Waals surface area contributed by atoms with Gasteiger partial charge in [0.1, 0.15) is 0 Å². The lowest BCUT2D eigenvalue weighted by Crippen LogP contribution is -2.28. The average molecular weight is 369 g/mol. The molecule has 2 heterocycles. The van der Waals surface area contributed by atoms with Crippen LogP contribution in [0.1, 0.15) is 41.0 Å².